The molecule has 1 aromatic heterocycles. The van der Waals surface area contributed by atoms with Crippen molar-refractivity contribution in [1.82, 2.24) is 15.0 Å². The Kier molecular flexibility index (Phi) is 11.0. The van der Waals surface area contributed by atoms with Crippen molar-refractivity contribution < 1.29 is 59.4 Å². The molecule has 0 fully saturated rings. The van der Waals surface area contributed by atoms with Crippen LogP contribution in [0.4, 0.5) is 17.8 Å². The van der Waals surface area contributed by atoms with Crippen LogP contribution < -0.4 is 15.0 Å². The van der Waals surface area contributed by atoms with Crippen molar-refractivity contribution in [2.75, 3.05) is 34.7 Å². The lowest BCUT2D eigenvalue weighted by molar-refractivity contribution is -0.968. The Bertz CT molecular complexity index is 1450. The monoisotopic (exact) mass is 750 g/mol. The first kappa shape index (κ1) is 40.2. The molecule has 51 heavy (non-hydrogen) atoms. The molecule has 0 aliphatic heterocycles. The van der Waals surface area contributed by atoms with E-state index in [0.717, 1.165) is 0 Å². The summed E-state index contributed by atoms with van der Waals surface area (Å²) in [4.78, 5) is 124. The molecule has 0 radical (unpaired) electrons. The van der Waals surface area contributed by atoms with Crippen molar-refractivity contribution in [3.05, 3.63) is 121 Å². The van der Waals surface area contributed by atoms with Gasteiger partial charge in [-0.25, -0.2) is 30.3 Å². The van der Waals surface area contributed by atoms with Crippen molar-refractivity contribution >= 4 is 17.8 Å². The van der Waals surface area contributed by atoms with Gasteiger partial charge in [-0.15, -0.1) is 0 Å². The van der Waals surface area contributed by atoms with Crippen LogP contribution in [-0.2, 0) is 0 Å². The zero-order valence-corrected chi connectivity index (χ0v) is 23.0. The summed E-state index contributed by atoms with van der Waals surface area (Å²) >= 11 is 0. The van der Waals surface area contributed by atoms with Crippen LogP contribution >= 0.6 is 0 Å². The Morgan fingerprint density at radius 3 is 0.569 bits per heavy atom. The molecule has 0 saturated carbocycles. The Morgan fingerprint density at radius 2 is 0.471 bits per heavy atom. The fourth-order valence-electron chi connectivity index (χ4n) is 3.02. The van der Waals surface area contributed by atoms with Crippen molar-refractivity contribution in [3.8, 4) is 0 Å². The minimum Gasteiger partial charge on any atom is -0.253 e. The van der Waals surface area contributed by atoms with Crippen LogP contribution in [0.15, 0.2) is 0 Å². The van der Waals surface area contributed by atoms with Gasteiger partial charge in [0.15, 0.2) is 59.4 Å². The van der Waals surface area contributed by atoms with Gasteiger partial charge in [0.1, 0.15) is 0 Å². The van der Waals surface area contributed by atoms with Gasteiger partial charge in [0.2, 0.25) is 0 Å². The average molecular weight is 750 g/mol. The van der Waals surface area contributed by atoms with Gasteiger partial charge in [0.05, 0.1) is 0 Å². The number of nitro groups is 12. The first-order valence-corrected chi connectivity index (χ1v) is 11.0. The van der Waals surface area contributed by atoms with E-state index in [2.05, 4.69) is 15.0 Å². The van der Waals surface area contributed by atoms with E-state index in [9.17, 15) is 121 Å². The van der Waals surface area contributed by atoms with Gasteiger partial charge < -0.3 is 0 Å². The van der Waals surface area contributed by atoms with Crippen molar-refractivity contribution in [2.24, 2.45) is 0 Å². The van der Waals surface area contributed by atoms with E-state index in [4.69, 9.17) is 0 Å². The van der Waals surface area contributed by atoms with Gasteiger partial charge in [-0.2, -0.15) is 15.0 Å². The largest absolute Gasteiger partial charge is 0.724 e. The molecule has 276 valence electrons. The number of rotatable bonds is 21. The number of aromatic nitrogens is 3. The van der Waals surface area contributed by atoms with Crippen LogP contribution in [0.5, 0.6) is 0 Å². The minimum atomic E-state index is -4.98. The second kappa shape index (κ2) is 13.9. The van der Waals surface area contributed by atoms with Gasteiger partial charge in [0, 0.05) is 0 Å². The van der Waals surface area contributed by atoms with Crippen LogP contribution in [0.1, 0.15) is 0 Å². The van der Waals surface area contributed by atoms with Crippen LogP contribution in [-0.4, -0.2) is 111 Å². The molecule has 0 atom stereocenters. The summed E-state index contributed by atoms with van der Waals surface area (Å²) < 4.78 is 0. The summed E-state index contributed by atoms with van der Waals surface area (Å²) in [5.41, 5.74) is 0. The topological polar surface area (TPSA) is 566 Å². The minimum absolute atomic E-state index is 1.33. The molecule has 42 heteroatoms. The molecule has 1 rings (SSSR count). The number of anilines is 3. The predicted octanol–water partition coefficient (Wildman–Crippen LogP) is -4.68. The molecule has 0 N–H and O–H groups in total. The average Bonchev–Trinajstić information content (AvgIpc) is 2.96. The molecule has 0 aromatic carbocycles. The molecule has 0 aliphatic carbocycles. The number of hydrogen-bond donors (Lipinski definition) is 0. The smallest absolute Gasteiger partial charge is 0.253 e. The maximum absolute atomic E-state index is 11.8. The molecule has 1 heterocycles. The standard InChI is InChI=1S/C9H6N18O24/c28-16(29)7(17(30)31,18(32)33)1-13(25(46)47)4-10-5(14(26(48)49)2-8(19(34)35,20(36)37)21(38)39)12-6(11-4)15(27(50)51)3-9(22(40)41,23(42)43)24(44)45/h1-3H2. The van der Waals surface area contributed by atoms with E-state index in [1.54, 1.807) is 0 Å². The first-order valence-electron chi connectivity index (χ1n) is 11.0. The van der Waals surface area contributed by atoms with Crippen molar-refractivity contribution in [2.45, 2.75) is 17.4 Å². The Morgan fingerprint density at radius 1 is 0.333 bits per heavy atom. The van der Waals surface area contributed by atoms with Gasteiger partial charge >= 0.3 is 37.0 Å². The van der Waals surface area contributed by atoms with E-state index >= 15 is 0 Å². The number of nitrogens with zero attached hydrogens (tertiary/aromatic N) is 18. The fraction of sp³-hybridized carbons (Fsp3) is 0.667. The van der Waals surface area contributed by atoms with E-state index in [1.165, 1.54) is 0 Å². The van der Waals surface area contributed by atoms with Crippen LogP contribution in [0.2, 0.25) is 0 Å². The highest BCUT2D eigenvalue weighted by Gasteiger charge is 2.76. The molecular formula is C9H6N18O24. The normalized spacial score (nSPS) is 11.3. The van der Waals surface area contributed by atoms with Crippen molar-refractivity contribution in [3.63, 3.8) is 0 Å². The first-order chi connectivity index (χ1) is 23.2. The third kappa shape index (κ3) is 6.84. The highest BCUT2D eigenvalue weighted by molar-refractivity contribution is 5.43. The lowest BCUT2D eigenvalue weighted by Gasteiger charge is -2.18. The molecule has 1 aromatic rings. The highest BCUT2D eigenvalue weighted by atomic mass is 16.8. The van der Waals surface area contributed by atoms with Gasteiger partial charge in [-0.3, -0.25) is 91.0 Å². The summed E-state index contributed by atoms with van der Waals surface area (Å²) in [6.07, 6.45) is 0. The maximum atomic E-state index is 11.8. The van der Waals surface area contributed by atoms with Gasteiger partial charge in [-0.05, 0) is 15.0 Å². The zero-order valence-electron chi connectivity index (χ0n) is 23.0. The predicted molar refractivity (Wildman–Crippen MR) is 134 cm³/mol. The summed E-state index contributed by atoms with van der Waals surface area (Å²) in [6.45, 7) is -8.63. The summed E-state index contributed by atoms with van der Waals surface area (Å²) in [6, 6.07) is 0. The SMILES string of the molecule is O=[N+]([O-])N(CC([N+](=O)[O-])([N+](=O)[O-])[N+](=O)[O-])c1nc(N(CC([N+](=O)[O-])([N+](=O)[O-])[N+](=O)[O-])[N+](=O)[O-])nc(N(CC([N+](=O)[O-])([N+](=O)[O-])[N+](=O)[O-])[N+](=O)[O-])n1. The molecule has 0 amide bonds. The van der Waals surface area contributed by atoms with E-state index < -0.39 is 129 Å². The summed E-state index contributed by atoms with van der Waals surface area (Å²) in [7, 11) is 0. The molecule has 42 nitrogen and oxygen atoms in total. The lowest BCUT2D eigenvalue weighted by Crippen LogP contribution is -2.62. The fourth-order valence-corrected chi connectivity index (χ4v) is 3.02. The number of hydrazine groups is 3. The molecular weight excluding hydrogens is 744 g/mol. The van der Waals surface area contributed by atoms with Crippen LogP contribution in [0.3, 0.4) is 0 Å². The maximum Gasteiger partial charge on any atom is 0.724 e. The second-order valence-electron chi connectivity index (χ2n) is 8.26. The van der Waals surface area contributed by atoms with Gasteiger partial charge in [-0.1, -0.05) is 0 Å². The molecule has 0 aliphatic rings. The van der Waals surface area contributed by atoms with Crippen LogP contribution in [0.25, 0.3) is 0 Å². The molecule has 0 unspecified atom stereocenters. The van der Waals surface area contributed by atoms with Crippen LogP contribution in [0, 0.1) is 121 Å². The molecule has 0 spiro atoms. The zero-order chi connectivity index (χ0) is 40.1. The van der Waals surface area contributed by atoms with Gasteiger partial charge in [0.25, 0.3) is 17.8 Å². The number of hydrogen-bond acceptors (Lipinski definition) is 27. The van der Waals surface area contributed by atoms with E-state index in [-0.39, 0.29) is 0 Å². The lowest BCUT2D eigenvalue weighted by atomic mass is 10.3. The molecule has 0 saturated heterocycles. The third-order valence-electron chi connectivity index (χ3n) is 5.60. The van der Waals surface area contributed by atoms with Crippen molar-refractivity contribution in [1.29, 1.82) is 0 Å². The van der Waals surface area contributed by atoms with E-state index in [1.807, 2.05) is 0 Å². The summed E-state index contributed by atoms with van der Waals surface area (Å²) in [5, 5.41) is 127. The second-order valence-corrected chi connectivity index (χ2v) is 8.26. The molecule has 0 bridgehead atoms. The Balaban J connectivity index is 4.54. The van der Waals surface area contributed by atoms with E-state index in [0.29, 0.717) is 0 Å². The summed E-state index contributed by atoms with van der Waals surface area (Å²) in [5.74, 6) is -22.2. The third-order valence-corrected chi connectivity index (χ3v) is 5.60. The quantitative estimate of drug-likeness (QED) is 0.0647. The highest BCUT2D eigenvalue weighted by Crippen LogP contribution is 2.27. The Labute approximate surface area is 266 Å². The Hall–Kier alpha value is -8.79.